The molecule has 1 aliphatic rings. The summed E-state index contributed by atoms with van der Waals surface area (Å²) < 4.78 is 42.8. The van der Waals surface area contributed by atoms with E-state index in [0.29, 0.717) is 39.2 Å². The van der Waals surface area contributed by atoms with E-state index in [1.807, 2.05) is 0 Å². The fraction of sp³-hybridized carbons (Fsp3) is 0.231. The molecule has 1 fully saturated rings. The Balaban J connectivity index is 1.54. The molecule has 1 aromatic carbocycles. The highest BCUT2D eigenvalue weighted by Gasteiger charge is 2.42. The first kappa shape index (κ1) is 24.8. The number of amides is 1. The third kappa shape index (κ3) is 4.31. The first-order chi connectivity index (χ1) is 17.6. The molecule has 0 radical (unpaired) electrons. The van der Waals surface area contributed by atoms with Gasteiger partial charge in [-0.25, -0.2) is 9.07 Å². The van der Waals surface area contributed by atoms with Crippen LogP contribution in [0.4, 0.5) is 13.2 Å². The van der Waals surface area contributed by atoms with Crippen LogP contribution < -0.4 is 11.3 Å². The lowest BCUT2D eigenvalue weighted by Crippen LogP contribution is -2.23. The van der Waals surface area contributed by atoms with Crippen LogP contribution in [0.2, 0.25) is 5.02 Å². The number of benzene rings is 1. The number of aryl methyl sites for hydroxylation is 2. The third-order valence-electron chi connectivity index (χ3n) is 6.66. The second-order valence-corrected chi connectivity index (χ2v) is 9.44. The summed E-state index contributed by atoms with van der Waals surface area (Å²) in [6, 6.07) is 7.62. The van der Waals surface area contributed by atoms with Crippen molar-refractivity contribution >= 4 is 17.5 Å². The number of alkyl halides is 2. The van der Waals surface area contributed by atoms with Gasteiger partial charge in [0.2, 0.25) is 0 Å². The van der Waals surface area contributed by atoms with Crippen molar-refractivity contribution in [3.05, 3.63) is 98.1 Å². The second kappa shape index (κ2) is 9.19. The standard InChI is InChI=1S/C26H21ClF3N5O2/c1-12-9-32-20(15-4-3-5-16(23(15)28)24(31)36)8-21(12)35-13(2)6-19(22(27)25(35)37)18-7-17(18)14-10-33-34(11-14)26(29)30/h3-6,8-11,17-18,26H,7H2,1-2H3,(H2,31,36)/t17-,18+/m1/s1. The maximum absolute atomic E-state index is 15.0. The number of carbonyl (C=O) groups excluding carboxylic acids is 1. The molecule has 0 aliphatic heterocycles. The summed E-state index contributed by atoms with van der Waals surface area (Å²) in [5, 5.41) is 3.72. The minimum atomic E-state index is -2.72. The van der Waals surface area contributed by atoms with E-state index in [2.05, 4.69) is 10.1 Å². The van der Waals surface area contributed by atoms with Crippen LogP contribution in [0.1, 0.15) is 57.5 Å². The molecule has 0 saturated heterocycles. The zero-order valence-corrected chi connectivity index (χ0v) is 20.5. The number of nitrogens with zero attached hydrogens (tertiary/aromatic N) is 4. The predicted molar refractivity (Wildman–Crippen MR) is 132 cm³/mol. The van der Waals surface area contributed by atoms with Gasteiger partial charge in [-0.05, 0) is 73.1 Å². The Morgan fingerprint density at radius 2 is 1.95 bits per heavy atom. The highest BCUT2D eigenvalue weighted by molar-refractivity contribution is 6.31. The van der Waals surface area contributed by atoms with Crippen molar-refractivity contribution in [3.63, 3.8) is 0 Å². The van der Waals surface area contributed by atoms with E-state index in [0.717, 1.165) is 0 Å². The number of rotatable bonds is 6. The van der Waals surface area contributed by atoms with Crippen molar-refractivity contribution in [2.75, 3.05) is 0 Å². The van der Waals surface area contributed by atoms with Crippen LogP contribution in [0.15, 0.2) is 53.7 Å². The van der Waals surface area contributed by atoms with Crippen LogP contribution in [-0.4, -0.2) is 25.2 Å². The fourth-order valence-electron chi connectivity index (χ4n) is 4.68. The molecule has 3 aromatic heterocycles. The van der Waals surface area contributed by atoms with Crippen LogP contribution in [0.25, 0.3) is 16.9 Å². The maximum Gasteiger partial charge on any atom is 0.333 e. The van der Waals surface area contributed by atoms with Gasteiger partial charge in [-0.3, -0.25) is 19.1 Å². The first-order valence-corrected chi connectivity index (χ1v) is 11.8. The predicted octanol–water partition coefficient (Wildman–Crippen LogP) is 5.27. The lowest BCUT2D eigenvalue weighted by atomic mass is 10.0. The van der Waals surface area contributed by atoms with E-state index >= 15 is 0 Å². The van der Waals surface area contributed by atoms with Gasteiger partial charge in [-0.15, -0.1) is 0 Å². The molecule has 190 valence electrons. The summed E-state index contributed by atoms with van der Waals surface area (Å²) in [5.41, 5.74) is 7.82. The quantitative estimate of drug-likeness (QED) is 0.369. The van der Waals surface area contributed by atoms with E-state index < -0.39 is 23.8 Å². The van der Waals surface area contributed by atoms with Gasteiger partial charge < -0.3 is 5.73 Å². The smallest absolute Gasteiger partial charge is 0.333 e. The number of aromatic nitrogens is 4. The Morgan fingerprint density at radius 3 is 2.62 bits per heavy atom. The number of halogens is 4. The Kier molecular flexibility index (Phi) is 6.15. The molecule has 5 rings (SSSR count). The normalized spacial score (nSPS) is 16.8. The monoisotopic (exact) mass is 527 g/mol. The molecule has 4 aromatic rings. The minimum Gasteiger partial charge on any atom is -0.366 e. The molecule has 3 heterocycles. The van der Waals surface area contributed by atoms with Gasteiger partial charge in [0.1, 0.15) is 10.8 Å². The SMILES string of the molecule is Cc1cnc(-c2cccc(C(N)=O)c2F)cc1-n1c(C)cc([C@H]2C[C@@H]2c2cnn(C(F)F)c2)c(Cl)c1=O. The molecule has 1 saturated carbocycles. The zero-order valence-electron chi connectivity index (χ0n) is 19.8. The molecule has 2 N–H and O–H groups in total. The lowest BCUT2D eigenvalue weighted by molar-refractivity contribution is 0.0565. The Hall–Kier alpha value is -3.92. The number of nitrogens with two attached hydrogens (primary N) is 1. The Bertz CT molecular complexity index is 1610. The number of pyridine rings is 2. The van der Waals surface area contributed by atoms with Crippen LogP contribution in [-0.2, 0) is 0 Å². The highest BCUT2D eigenvalue weighted by Crippen LogP contribution is 2.55. The number of carbonyl (C=O) groups is 1. The molecule has 7 nitrogen and oxygen atoms in total. The Labute approximate surface area is 214 Å². The summed E-state index contributed by atoms with van der Waals surface area (Å²) in [6.07, 6.45) is 4.89. The minimum absolute atomic E-state index is 0.0269. The molecule has 0 spiro atoms. The number of hydrogen-bond donors (Lipinski definition) is 1. The van der Waals surface area contributed by atoms with Gasteiger partial charge in [-0.2, -0.15) is 13.9 Å². The van der Waals surface area contributed by atoms with Crippen molar-refractivity contribution in [1.82, 2.24) is 19.3 Å². The van der Waals surface area contributed by atoms with Gasteiger partial charge in [0, 0.05) is 23.7 Å². The molecular weight excluding hydrogens is 507 g/mol. The largest absolute Gasteiger partial charge is 0.366 e. The van der Waals surface area contributed by atoms with Gasteiger partial charge in [-0.1, -0.05) is 17.7 Å². The first-order valence-electron chi connectivity index (χ1n) is 11.4. The van der Waals surface area contributed by atoms with Crippen LogP contribution in [0.5, 0.6) is 0 Å². The van der Waals surface area contributed by atoms with Gasteiger partial charge in [0.05, 0.1) is 23.1 Å². The van der Waals surface area contributed by atoms with Crippen LogP contribution in [0.3, 0.4) is 0 Å². The van der Waals surface area contributed by atoms with Crippen LogP contribution in [0, 0.1) is 19.7 Å². The molecule has 11 heteroatoms. The third-order valence-corrected chi connectivity index (χ3v) is 7.04. The molecule has 2 atom stereocenters. The van der Waals surface area contributed by atoms with Gasteiger partial charge in [0.15, 0.2) is 0 Å². The molecular formula is C26H21ClF3N5O2. The molecule has 1 aliphatic carbocycles. The van der Waals surface area contributed by atoms with Crippen molar-refractivity contribution in [2.24, 2.45) is 5.73 Å². The van der Waals surface area contributed by atoms with Crippen molar-refractivity contribution in [2.45, 2.75) is 38.7 Å². The number of hydrogen-bond acceptors (Lipinski definition) is 4. The van der Waals surface area contributed by atoms with E-state index in [-0.39, 0.29) is 33.7 Å². The second-order valence-electron chi connectivity index (χ2n) is 9.06. The van der Waals surface area contributed by atoms with E-state index in [9.17, 15) is 22.8 Å². The molecule has 1 amide bonds. The van der Waals surface area contributed by atoms with Crippen molar-refractivity contribution < 1.29 is 18.0 Å². The summed E-state index contributed by atoms with van der Waals surface area (Å²) in [5.74, 6) is -1.86. The van der Waals surface area contributed by atoms with Gasteiger partial charge >= 0.3 is 6.55 Å². The lowest BCUT2D eigenvalue weighted by Gasteiger charge is -2.17. The molecule has 37 heavy (non-hydrogen) atoms. The zero-order chi connectivity index (χ0) is 26.6. The number of primary amides is 1. The van der Waals surface area contributed by atoms with Crippen molar-refractivity contribution in [1.29, 1.82) is 0 Å². The average Bonchev–Trinajstić information content (AvgIpc) is 3.48. The summed E-state index contributed by atoms with van der Waals surface area (Å²) in [4.78, 5) is 29.3. The van der Waals surface area contributed by atoms with Crippen LogP contribution >= 0.6 is 11.6 Å². The van der Waals surface area contributed by atoms with E-state index in [4.69, 9.17) is 17.3 Å². The van der Waals surface area contributed by atoms with E-state index in [1.54, 1.807) is 26.0 Å². The summed E-state index contributed by atoms with van der Waals surface area (Å²) in [6.45, 7) is 0.787. The summed E-state index contributed by atoms with van der Waals surface area (Å²) >= 11 is 6.55. The topological polar surface area (TPSA) is 95.8 Å². The Morgan fingerprint density at radius 1 is 1.19 bits per heavy atom. The highest BCUT2D eigenvalue weighted by atomic mass is 35.5. The van der Waals surface area contributed by atoms with Crippen molar-refractivity contribution in [3.8, 4) is 16.9 Å². The molecule has 0 bridgehead atoms. The van der Waals surface area contributed by atoms with Gasteiger partial charge in [0.25, 0.3) is 11.5 Å². The molecule has 0 unspecified atom stereocenters. The maximum atomic E-state index is 15.0. The average molecular weight is 528 g/mol. The fourth-order valence-corrected chi connectivity index (χ4v) is 4.96. The summed E-state index contributed by atoms with van der Waals surface area (Å²) in [7, 11) is 0. The van der Waals surface area contributed by atoms with E-state index in [1.165, 1.54) is 41.4 Å².